The van der Waals surface area contributed by atoms with Gasteiger partial charge in [0, 0.05) is 12.7 Å². The van der Waals surface area contributed by atoms with E-state index in [1.54, 1.807) is 6.08 Å². The van der Waals surface area contributed by atoms with Gasteiger partial charge in [0.15, 0.2) is 18.2 Å². The van der Waals surface area contributed by atoms with E-state index < -0.39 is 23.6 Å². The number of aliphatic hydroxyl groups is 1. The summed E-state index contributed by atoms with van der Waals surface area (Å²) in [6.07, 6.45) is 6.31. The largest absolute Gasteiger partial charge is 0.458 e. The predicted molar refractivity (Wildman–Crippen MR) is 100 cm³/mol. The number of ether oxygens (including phenoxy) is 4. The first-order valence-electron chi connectivity index (χ1n) is 10.9. The fraction of sp³-hybridized carbons (Fsp3) is 0.864. The molecule has 5 aliphatic rings. The van der Waals surface area contributed by atoms with Gasteiger partial charge in [-0.05, 0) is 68.3 Å². The molecule has 0 radical (unpaired) electrons. The summed E-state index contributed by atoms with van der Waals surface area (Å²) in [4.78, 5) is 11.4. The molecule has 0 amide bonds. The predicted octanol–water partition coefficient (Wildman–Crippen LogP) is 2.93. The summed E-state index contributed by atoms with van der Waals surface area (Å²) in [6.45, 7) is 7.64. The minimum atomic E-state index is -0.846. The number of rotatable bonds is 5. The van der Waals surface area contributed by atoms with Crippen molar-refractivity contribution in [3.63, 3.8) is 0 Å². The van der Waals surface area contributed by atoms with Gasteiger partial charge in [0.2, 0.25) is 0 Å². The summed E-state index contributed by atoms with van der Waals surface area (Å²) in [5.41, 5.74) is 0.242. The third-order valence-corrected chi connectivity index (χ3v) is 8.81. The molecule has 0 aromatic heterocycles. The van der Waals surface area contributed by atoms with Gasteiger partial charge in [0.05, 0.1) is 11.5 Å². The van der Waals surface area contributed by atoms with E-state index in [-0.39, 0.29) is 17.5 Å². The number of cyclic esters (lactones) is 1. The van der Waals surface area contributed by atoms with E-state index in [2.05, 4.69) is 13.8 Å². The summed E-state index contributed by atoms with van der Waals surface area (Å²) in [7, 11) is 0. The lowest BCUT2D eigenvalue weighted by Gasteiger charge is -2.59. The van der Waals surface area contributed by atoms with Crippen LogP contribution in [-0.4, -0.2) is 48.6 Å². The minimum absolute atomic E-state index is 0.0418. The zero-order valence-electron chi connectivity index (χ0n) is 17.1. The van der Waals surface area contributed by atoms with Crippen molar-refractivity contribution in [3.8, 4) is 0 Å². The molecular formula is C22H32O6. The van der Waals surface area contributed by atoms with E-state index in [4.69, 9.17) is 18.9 Å². The Kier molecular flexibility index (Phi) is 4.27. The molecule has 3 aliphatic heterocycles. The summed E-state index contributed by atoms with van der Waals surface area (Å²) >= 11 is 0. The average molecular weight is 392 g/mol. The Morgan fingerprint density at radius 1 is 1.32 bits per heavy atom. The Hall–Kier alpha value is -0.950. The molecule has 1 N–H and O–H groups in total. The first-order chi connectivity index (χ1) is 13.4. The van der Waals surface area contributed by atoms with E-state index >= 15 is 0 Å². The van der Waals surface area contributed by atoms with Gasteiger partial charge in [-0.1, -0.05) is 13.8 Å². The molecule has 3 heterocycles. The zero-order chi connectivity index (χ0) is 19.7. The van der Waals surface area contributed by atoms with Gasteiger partial charge in [-0.15, -0.1) is 0 Å². The molecule has 156 valence electrons. The van der Waals surface area contributed by atoms with Crippen LogP contribution in [-0.2, 0) is 23.7 Å². The van der Waals surface area contributed by atoms with Gasteiger partial charge >= 0.3 is 5.97 Å². The molecule has 0 aromatic rings. The number of carbonyl (C=O) groups excluding carboxylic acids is 1. The SMILES string of the molecule is CCOC1OC(O)[C@@]23CC[C@H](C)[C@@](C)(CCC4=CC(=O)OC4)[C@@H]2CC[C@@H]2O[C@@]123. The summed E-state index contributed by atoms with van der Waals surface area (Å²) < 4.78 is 23.3. The molecule has 6 heteroatoms. The highest BCUT2D eigenvalue weighted by atomic mass is 16.8. The highest BCUT2D eigenvalue weighted by molar-refractivity contribution is 5.85. The Morgan fingerprint density at radius 3 is 2.86 bits per heavy atom. The minimum Gasteiger partial charge on any atom is -0.458 e. The second kappa shape index (κ2) is 6.27. The van der Waals surface area contributed by atoms with Crippen LogP contribution in [0, 0.1) is 22.7 Å². The zero-order valence-corrected chi connectivity index (χ0v) is 17.1. The van der Waals surface area contributed by atoms with Gasteiger partial charge < -0.3 is 24.1 Å². The van der Waals surface area contributed by atoms with Gasteiger partial charge in [-0.2, -0.15) is 0 Å². The third kappa shape index (κ3) is 2.26. The van der Waals surface area contributed by atoms with E-state index in [0.717, 1.165) is 44.1 Å². The second-order valence-corrected chi connectivity index (χ2v) is 9.70. The highest BCUT2D eigenvalue weighted by Crippen LogP contribution is 2.75. The van der Waals surface area contributed by atoms with Crippen LogP contribution < -0.4 is 0 Å². The maximum atomic E-state index is 11.4. The summed E-state index contributed by atoms with van der Waals surface area (Å²) in [6, 6.07) is 0. The van der Waals surface area contributed by atoms with Crippen LogP contribution >= 0.6 is 0 Å². The number of carbonyl (C=O) groups is 1. The second-order valence-electron chi connectivity index (χ2n) is 9.70. The van der Waals surface area contributed by atoms with Crippen molar-refractivity contribution >= 4 is 5.97 Å². The smallest absolute Gasteiger partial charge is 0.331 e. The van der Waals surface area contributed by atoms with E-state index in [9.17, 15) is 9.90 Å². The molecule has 2 saturated heterocycles. The van der Waals surface area contributed by atoms with Crippen molar-refractivity contribution in [2.24, 2.45) is 22.7 Å². The van der Waals surface area contributed by atoms with Crippen LogP contribution in [0.15, 0.2) is 11.6 Å². The average Bonchev–Trinajstić information content (AvgIpc) is 3.22. The van der Waals surface area contributed by atoms with Gasteiger partial charge in [0.1, 0.15) is 6.61 Å². The molecule has 28 heavy (non-hydrogen) atoms. The number of esters is 1. The molecule has 0 bridgehead atoms. The van der Waals surface area contributed by atoms with Gasteiger partial charge in [0.25, 0.3) is 0 Å². The van der Waals surface area contributed by atoms with Crippen LogP contribution in [0.1, 0.15) is 59.3 Å². The molecule has 2 spiro atoms. The van der Waals surface area contributed by atoms with Gasteiger partial charge in [-0.25, -0.2) is 4.79 Å². The van der Waals surface area contributed by atoms with Crippen molar-refractivity contribution in [2.45, 2.75) is 83.6 Å². The maximum Gasteiger partial charge on any atom is 0.331 e. The molecule has 2 unspecified atom stereocenters. The maximum absolute atomic E-state index is 11.4. The van der Waals surface area contributed by atoms with Crippen molar-refractivity contribution in [1.29, 1.82) is 0 Å². The monoisotopic (exact) mass is 392 g/mol. The Labute approximate surface area is 166 Å². The molecule has 2 aliphatic carbocycles. The number of hydrogen-bond acceptors (Lipinski definition) is 6. The van der Waals surface area contributed by atoms with E-state index in [1.807, 2.05) is 6.92 Å². The van der Waals surface area contributed by atoms with Gasteiger partial charge in [-0.3, -0.25) is 0 Å². The quantitative estimate of drug-likeness (QED) is 0.573. The Morgan fingerprint density at radius 2 is 2.14 bits per heavy atom. The standard InChI is InChI=1S/C22H32O6/c1-4-25-19-22-16(28-22)6-5-15-20(3,9-8-14-11-17(23)26-12-14)13(2)7-10-21(15,22)18(24)27-19/h11,13,15-16,18-19,24H,4-10,12H2,1-3H3/t13-,15-,16-,18?,19?,20+,21+,22+/m0/s1. The normalized spacial score (nSPS) is 51.8. The first kappa shape index (κ1) is 19.0. The summed E-state index contributed by atoms with van der Waals surface area (Å²) in [5, 5.41) is 11.2. The van der Waals surface area contributed by atoms with Crippen molar-refractivity contribution in [2.75, 3.05) is 13.2 Å². The van der Waals surface area contributed by atoms with Crippen molar-refractivity contribution < 1.29 is 28.8 Å². The first-order valence-corrected chi connectivity index (χ1v) is 10.9. The molecule has 8 atom stereocenters. The fourth-order valence-electron chi connectivity index (χ4n) is 7.13. The lowest BCUT2D eigenvalue weighted by molar-refractivity contribution is -0.220. The van der Waals surface area contributed by atoms with Crippen LogP contribution in [0.25, 0.3) is 0 Å². The molecule has 5 rings (SSSR count). The van der Waals surface area contributed by atoms with Crippen LogP contribution in [0.2, 0.25) is 0 Å². The lowest BCUT2D eigenvalue weighted by Crippen LogP contribution is -2.61. The van der Waals surface area contributed by atoms with Crippen molar-refractivity contribution in [3.05, 3.63) is 11.6 Å². The topological polar surface area (TPSA) is 77.5 Å². The Balaban J connectivity index is 1.47. The molecule has 0 aromatic carbocycles. The van der Waals surface area contributed by atoms with Crippen LogP contribution in [0.4, 0.5) is 0 Å². The Bertz CT molecular complexity index is 705. The number of epoxide rings is 1. The lowest BCUT2D eigenvalue weighted by atomic mass is 9.44. The van der Waals surface area contributed by atoms with E-state index in [0.29, 0.717) is 25.0 Å². The number of aliphatic hydroxyl groups excluding tert-OH is 1. The highest BCUT2D eigenvalue weighted by Gasteiger charge is 2.85. The summed E-state index contributed by atoms with van der Waals surface area (Å²) in [5.74, 6) is 0.618. The molecule has 4 fully saturated rings. The third-order valence-electron chi connectivity index (χ3n) is 8.81. The van der Waals surface area contributed by atoms with Crippen LogP contribution in [0.3, 0.4) is 0 Å². The number of hydrogen-bond donors (Lipinski definition) is 1. The fourth-order valence-corrected chi connectivity index (χ4v) is 7.13. The molecule has 2 saturated carbocycles. The molecular weight excluding hydrogens is 360 g/mol. The van der Waals surface area contributed by atoms with Crippen molar-refractivity contribution in [1.82, 2.24) is 0 Å². The van der Waals surface area contributed by atoms with E-state index in [1.165, 1.54) is 0 Å². The van der Waals surface area contributed by atoms with Crippen LogP contribution in [0.5, 0.6) is 0 Å². The molecule has 6 nitrogen and oxygen atoms in total.